The minimum Gasteiger partial charge on any atom is -0.391 e. The second kappa shape index (κ2) is 9.15. The van der Waals surface area contributed by atoms with Crippen molar-refractivity contribution in [2.45, 2.75) is 109 Å². The lowest BCUT2D eigenvalue weighted by Gasteiger charge is -2.44. The number of aliphatic hydroxyl groups is 1. The summed E-state index contributed by atoms with van der Waals surface area (Å²) in [7, 11) is 0. The normalized spacial score (nSPS) is 38.4. The largest absolute Gasteiger partial charge is 0.391 e. The molecule has 2 rings (SSSR count). The first-order valence-corrected chi connectivity index (χ1v) is 9.62. The zero-order chi connectivity index (χ0) is 15.1. The highest BCUT2D eigenvalue weighted by molar-refractivity contribution is 4.87. The van der Waals surface area contributed by atoms with E-state index in [1.807, 2.05) is 0 Å². The zero-order valence-corrected chi connectivity index (χ0v) is 14.4. The van der Waals surface area contributed by atoms with Gasteiger partial charge in [-0.2, -0.15) is 0 Å². The molecule has 1 heterocycles. The van der Waals surface area contributed by atoms with Gasteiger partial charge in [-0.05, 0) is 38.5 Å². The molecule has 0 aromatic carbocycles. The first kappa shape index (κ1) is 17.3. The lowest BCUT2D eigenvalue weighted by Crippen LogP contribution is -2.52. The molecule has 1 saturated carbocycles. The minimum absolute atomic E-state index is 0.0998. The highest BCUT2D eigenvalue weighted by atomic mass is 16.3. The molecule has 21 heavy (non-hydrogen) atoms. The van der Waals surface area contributed by atoms with Crippen LogP contribution in [0.1, 0.15) is 90.9 Å². The summed E-state index contributed by atoms with van der Waals surface area (Å²) in [5.74, 6) is 0.801. The van der Waals surface area contributed by atoms with Crippen LogP contribution in [0.5, 0.6) is 0 Å². The predicted molar refractivity (Wildman–Crippen MR) is 90.5 cm³/mol. The number of hydrogen-bond donors (Lipinski definition) is 1. The Labute approximate surface area is 132 Å². The molecule has 0 spiro atoms. The van der Waals surface area contributed by atoms with E-state index in [1.54, 1.807) is 0 Å². The summed E-state index contributed by atoms with van der Waals surface area (Å²) in [4.78, 5) is 2.66. The van der Waals surface area contributed by atoms with Crippen molar-refractivity contribution in [1.29, 1.82) is 0 Å². The van der Waals surface area contributed by atoms with Crippen LogP contribution < -0.4 is 0 Å². The lowest BCUT2D eigenvalue weighted by atomic mass is 9.88. The number of piperidine rings is 1. The summed E-state index contributed by atoms with van der Waals surface area (Å²) in [5.41, 5.74) is 0. The molecule has 1 saturated heterocycles. The molecule has 2 fully saturated rings. The van der Waals surface area contributed by atoms with E-state index < -0.39 is 0 Å². The number of likely N-dealkylation sites (tertiary alicyclic amines) is 1. The van der Waals surface area contributed by atoms with Crippen molar-refractivity contribution < 1.29 is 5.11 Å². The molecular weight excluding hydrogens is 258 g/mol. The fraction of sp³-hybridized carbons (Fsp3) is 1.00. The first-order valence-electron chi connectivity index (χ1n) is 9.62. The molecule has 4 unspecified atom stereocenters. The van der Waals surface area contributed by atoms with Crippen molar-refractivity contribution in [3.8, 4) is 0 Å². The van der Waals surface area contributed by atoms with Gasteiger partial charge in [-0.15, -0.1) is 0 Å². The molecule has 2 heteroatoms. The Balaban J connectivity index is 1.96. The fourth-order valence-corrected chi connectivity index (χ4v) is 4.32. The van der Waals surface area contributed by atoms with Gasteiger partial charge >= 0.3 is 0 Å². The third-order valence-corrected chi connectivity index (χ3v) is 5.79. The van der Waals surface area contributed by atoms with E-state index in [4.69, 9.17) is 0 Å². The number of rotatable bonds is 1. The van der Waals surface area contributed by atoms with Gasteiger partial charge in [0.1, 0.15) is 0 Å². The van der Waals surface area contributed by atoms with E-state index >= 15 is 0 Å². The van der Waals surface area contributed by atoms with Crippen molar-refractivity contribution in [2.75, 3.05) is 6.54 Å². The van der Waals surface area contributed by atoms with Gasteiger partial charge < -0.3 is 5.11 Å². The molecule has 0 aromatic rings. The van der Waals surface area contributed by atoms with Crippen molar-refractivity contribution in [1.82, 2.24) is 4.90 Å². The molecular formula is C19H37NO. The van der Waals surface area contributed by atoms with Crippen molar-refractivity contribution in [2.24, 2.45) is 5.92 Å². The number of nitrogens with zero attached hydrogens (tertiary/aromatic N) is 1. The highest BCUT2D eigenvalue weighted by Gasteiger charge is 2.32. The molecule has 1 aliphatic carbocycles. The number of hydrogen-bond acceptors (Lipinski definition) is 2. The van der Waals surface area contributed by atoms with E-state index in [2.05, 4.69) is 18.7 Å². The van der Waals surface area contributed by atoms with Crippen molar-refractivity contribution in [3.05, 3.63) is 0 Å². The molecule has 2 aliphatic rings. The van der Waals surface area contributed by atoms with Crippen LogP contribution in [-0.4, -0.2) is 34.7 Å². The van der Waals surface area contributed by atoms with Gasteiger partial charge in [0.25, 0.3) is 0 Å². The van der Waals surface area contributed by atoms with Gasteiger partial charge in [-0.1, -0.05) is 58.3 Å². The summed E-state index contributed by atoms with van der Waals surface area (Å²) in [5, 5.41) is 10.8. The van der Waals surface area contributed by atoms with Gasteiger partial charge in [0.05, 0.1) is 6.10 Å². The second-order valence-corrected chi connectivity index (χ2v) is 7.77. The Morgan fingerprint density at radius 3 is 1.95 bits per heavy atom. The van der Waals surface area contributed by atoms with E-state index in [-0.39, 0.29) is 6.10 Å². The first-order chi connectivity index (χ1) is 10.2. The lowest BCUT2D eigenvalue weighted by molar-refractivity contribution is -0.00964. The monoisotopic (exact) mass is 295 g/mol. The molecule has 1 N–H and O–H groups in total. The minimum atomic E-state index is -0.0998. The third-order valence-electron chi connectivity index (χ3n) is 5.79. The Kier molecular flexibility index (Phi) is 7.53. The van der Waals surface area contributed by atoms with Crippen LogP contribution in [0.4, 0.5) is 0 Å². The fourth-order valence-electron chi connectivity index (χ4n) is 4.32. The van der Waals surface area contributed by atoms with Crippen molar-refractivity contribution >= 4 is 0 Å². The Bertz CT molecular complexity index is 281. The van der Waals surface area contributed by atoms with Gasteiger partial charge in [-0.3, -0.25) is 4.90 Å². The average Bonchev–Trinajstić information content (AvgIpc) is 2.46. The van der Waals surface area contributed by atoms with Gasteiger partial charge in [0.2, 0.25) is 0 Å². The number of aliphatic hydroxyl groups excluding tert-OH is 1. The van der Waals surface area contributed by atoms with Crippen LogP contribution in [0.15, 0.2) is 0 Å². The maximum absolute atomic E-state index is 10.8. The van der Waals surface area contributed by atoms with Gasteiger partial charge in [0, 0.05) is 18.6 Å². The SMILES string of the molecule is CC1CCC(C)N(C2CCCCCCCCCCC2O)C1. The van der Waals surface area contributed by atoms with E-state index in [1.165, 1.54) is 77.2 Å². The van der Waals surface area contributed by atoms with Gasteiger partial charge in [-0.25, -0.2) is 0 Å². The second-order valence-electron chi connectivity index (χ2n) is 7.77. The Morgan fingerprint density at radius 2 is 1.29 bits per heavy atom. The summed E-state index contributed by atoms with van der Waals surface area (Å²) in [6.07, 6.45) is 15.6. The summed E-state index contributed by atoms with van der Waals surface area (Å²) in [6, 6.07) is 1.08. The maximum atomic E-state index is 10.8. The summed E-state index contributed by atoms with van der Waals surface area (Å²) >= 11 is 0. The molecule has 0 amide bonds. The molecule has 2 nitrogen and oxygen atoms in total. The molecule has 0 bridgehead atoms. The highest BCUT2D eigenvalue weighted by Crippen LogP contribution is 2.28. The van der Waals surface area contributed by atoms with Crippen LogP contribution in [0.25, 0.3) is 0 Å². The van der Waals surface area contributed by atoms with Crippen molar-refractivity contribution in [3.63, 3.8) is 0 Å². The topological polar surface area (TPSA) is 23.5 Å². The van der Waals surface area contributed by atoms with Crippen LogP contribution in [0.3, 0.4) is 0 Å². The standard InChI is InChI=1S/C19H37NO/c1-16-13-14-17(2)20(15-16)18-11-9-7-5-3-4-6-8-10-12-19(18)21/h16-19,21H,3-15H2,1-2H3. The zero-order valence-electron chi connectivity index (χ0n) is 14.4. The van der Waals surface area contributed by atoms with Crippen LogP contribution in [0, 0.1) is 5.92 Å². The Morgan fingerprint density at radius 1 is 0.714 bits per heavy atom. The quantitative estimate of drug-likeness (QED) is 0.754. The van der Waals surface area contributed by atoms with E-state index in [9.17, 15) is 5.11 Å². The summed E-state index contributed by atoms with van der Waals surface area (Å²) < 4.78 is 0. The molecule has 4 atom stereocenters. The average molecular weight is 296 g/mol. The Hall–Kier alpha value is -0.0800. The third kappa shape index (κ3) is 5.56. The van der Waals surface area contributed by atoms with Crippen LogP contribution in [0.2, 0.25) is 0 Å². The van der Waals surface area contributed by atoms with Crippen LogP contribution in [-0.2, 0) is 0 Å². The van der Waals surface area contributed by atoms with E-state index in [0.29, 0.717) is 12.1 Å². The molecule has 124 valence electrons. The molecule has 0 radical (unpaired) electrons. The van der Waals surface area contributed by atoms with Crippen LogP contribution >= 0.6 is 0 Å². The van der Waals surface area contributed by atoms with E-state index in [0.717, 1.165) is 12.3 Å². The predicted octanol–water partition coefficient (Wildman–Crippen LogP) is 4.75. The molecule has 0 aromatic heterocycles. The molecule has 1 aliphatic heterocycles. The smallest absolute Gasteiger partial charge is 0.0695 e. The summed E-state index contributed by atoms with van der Waals surface area (Å²) in [6.45, 7) is 5.94. The van der Waals surface area contributed by atoms with Gasteiger partial charge in [0.15, 0.2) is 0 Å². The maximum Gasteiger partial charge on any atom is 0.0695 e.